The first-order valence-corrected chi connectivity index (χ1v) is 6.72. The Hall–Kier alpha value is -1.01. The Kier molecular flexibility index (Phi) is 3.44. The third-order valence-electron chi connectivity index (χ3n) is 3.46. The SMILES string of the molecule is CCC(C)(C#N)Cc1cc(Br)cc2c1OCC2. The van der Waals surface area contributed by atoms with Crippen molar-refractivity contribution >= 4 is 15.9 Å². The van der Waals surface area contributed by atoms with Crippen LogP contribution in [0.3, 0.4) is 0 Å². The molecule has 1 aliphatic heterocycles. The van der Waals surface area contributed by atoms with Gasteiger partial charge in [0.25, 0.3) is 0 Å². The second-order valence-corrected chi connectivity index (χ2v) is 5.77. The molecule has 0 spiro atoms. The van der Waals surface area contributed by atoms with Gasteiger partial charge in [0.1, 0.15) is 5.75 Å². The topological polar surface area (TPSA) is 33.0 Å². The number of nitriles is 1. The Morgan fingerprint density at radius 1 is 1.53 bits per heavy atom. The number of halogens is 1. The molecule has 90 valence electrons. The van der Waals surface area contributed by atoms with E-state index in [2.05, 4.69) is 41.1 Å². The number of fused-ring (bicyclic) bond motifs is 1. The number of nitrogens with zero attached hydrogens (tertiary/aromatic N) is 1. The van der Waals surface area contributed by atoms with Crippen molar-refractivity contribution in [2.75, 3.05) is 6.61 Å². The van der Waals surface area contributed by atoms with E-state index in [0.717, 1.165) is 41.7 Å². The molecule has 2 rings (SSSR count). The fourth-order valence-corrected chi connectivity index (χ4v) is 2.69. The van der Waals surface area contributed by atoms with Crippen LogP contribution < -0.4 is 4.74 Å². The first kappa shape index (κ1) is 12.4. The molecule has 0 saturated heterocycles. The van der Waals surface area contributed by atoms with Gasteiger partial charge >= 0.3 is 0 Å². The fraction of sp³-hybridized carbons (Fsp3) is 0.500. The second kappa shape index (κ2) is 4.70. The quantitative estimate of drug-likeness (QED) is 0.848. The molecular formula is C14H16BrNO. The van der Waals surface area contributed by atoms with Crippen LogP contribution >= 0.6 is 15.9 Å². The molecule has 0 saturated carbocycles. The third-order valence-corrected chi connectivity index (χ3v) is 3.91. The molecule has 0 aliphatic carbocycles. The molecule has 0 fully saturated rings. The summed E-state index contributed by atoms with van der Waals surface area (Å²) in [7, 11) is 0. The maximum absolute atomic E-state index is 9.26. The van der Waals surface area contributed by atoms with Crippen LogP contribution in [0, 0.1) is 16.7 Å². The van der Waals surface area contributed by atoms with E-state index >= 15 is 0 Å². The summed E-state index contributed by atoms with van der Waals surface area (Å²) in [5.74, 6) is 1.00. The van der Waals surface area contributed by atoms with Crippen LogP contribution in [0.1, 0.15) is 31.4 Å². The summed E-state index contributed by atoms with van der Waals surface area (Å²) in [6, 6.07) is 6.61. The smallest absolute Gasteiger partial charge is 0.125 e. The Labute approximate surface area is 111 Å². The Morgan fingerprint density at radius 2 is 2.29 bits per heavy atom. The third kappa shape index (κ3) is 2.47. The van der Waals surface area contributed by atoms with Gasteiger partial charge in [0.05, 0.1) is 18.1 Å². The molecule has 1 aromatic carbocycles. The van der Waals surface area contributed by atoms with Crippen molar-refractivity contribution in [3.63, 3.8) is 0 Å². The van der Waals surface area contributed by atoms with Crippen molar-refractivity contribution in [1.29, 1.82) is 5.26 Å². The monoisotopic (exact) mass is 293 g/mol. The molecule has 17 heavy (non-hydrogen) atoms. The number of hydrogen-bond donors (Lipinski definition) is 0. The fourth-order valence-electron chi connectivity index (χ4n) is 2.14. The molecule has 0 aromatic heterocycles. The van der Waals surface area contributed by atoms with E-state index in [-0.39, 0.29) is 5.41 Å². The Balaban J connectivity index is 2.37. The van der Waals surface area contributed by atoms with Gasteiger partial charge in [-0.1, -0.05) is 22.9 Å². The van der Waals surface area contributed by atoms with Gasteiger partial charge in [0.2, 0.25) is 0 Å². The maximum atomic E-state index is 9.26. The molecule has 0 N–H and O–H groups in total. The van der Waals surface area contributed by atoms with Gasteiger partial charge < -0.3 is 4.74 Å². The zero-order chi connectivity index (χ0) is 12.5. The van der Waals surface area contributed by atoms with Gasteiger partial charge in [-0.25, -0.2) is 0 Å². The van der Waals surface area contributed by atoms with E-state index in [1.807, 2.05) is 6.92 Å². The van der Waals surface area contributed by atoms with Gasteiger partial charge in [-0.05, 0) is 43.0 Å². The highest BCUT2D eigenvalue weighted by Crippen LogP contribution is 2.37. The first-order valence-electron chi connectivity index (χ1n) is 5.93. The standard InChI is InChI=1S/C14H16BrNO/c1-3-14(2,9-16)8-11-7-12(15)6-10-4-5-17-13(10)11/h6-7H,3-5,8H2,1-2H3. The summed E-state index contributed by atoms with van der Waals surface area (Å²) >= 11 is 3.53. The lowest BCUT2D eigenvalue weighted by Gasteiger charge is -2.20. The number of benzene rings is 1. The van der Waals surface area contributed by atoms with Crippen molar-refractivity contribution < 1.29 is 4.74 Å². The Morgan fingerprint density at radius 3 is 2.94 bits per heavy atom. The molecule has 1 atom stereocenters. The van der Waals surface area contributed by atoms with E-state index in [1.54, 1.807) is 0 Å². The van der Waals surface area contributed by atoms with Gasteiger partial charge in [0.15, 0.2) is 0 Å². The molecule has 1 aromatic rings. The van der Waals surface area contributed by atoms with Crippen LogP contribution in [-0.2, 0) is 12.8 Å². The molecule has 0 radical (unpaired) electrons. The summed E-state index contributed by atoms with van der Waals surface area (Å²) in [6.07, 6.45) is 2.57. The van der Waals surface area contributed by atoms with Gasteiger partial charge in [0, 0.05) is 10.9 Å². The van der Waals surface area contributed by atoms with Crippen molar-refractivity contribution in [1.82, 2.24) is 0 Å². The largest absolute Gasteiger partial charge is 0.493 e. The average molecular weight is 294 g/mol. The number of rotatable bonds is 3. The van der Waals surface area contributed by atoms with Crippen LogP contribution in [0.15, 0.2) is 16.6 Å². The number of ether oxygens (including phenoxy) is 1. The average Bonchev–Trinajstić information content (AvgIpc) is 2.77. The zero-order valence-corrected chi connectivity index (χ0v) is 11.8. The summed E-state index contributed by atoms with van der Waals surface area (Å²) < 4.78 is 6.77. The molecule has 1 heterocycles. The minimum Gasteiger partial charge on any atom is -0.493 e. The van der Waals surface area contributed by atoms with Crippen molar-refractivity contribution in [3.8, 4) is 11.8 Å². The highest BCUT2D eigenvalue weighted by Gasteiger charge is 2.26. The van der Waals surface area contributed by atoms with Crippen LogP contribution in [0.2, 0.25) is 0 Å². The van der Waals surface area contributed by atoms with Gasteiger partial charge in [-0.15, -0.1) is 0 Å². The van der Waals surface area contributed by atoms with Crippen LogP contribution in [0.4, 0.5) is 0 Å². The van der Waals surface area contributed by atoms with Crippen molar-refractivity contribution in [2.45, 2.75) is 33.1 Å². The first-order chi connectivity index (χ1) is 8.08. The van der Waals surface area contributed by atoms with Crippen LogP contribution in [-0.4, -0.2) is 6.61 Å². The van der Waals surface area contributed by atoms with Crippen LogP contribution in [0.25, 0.3) is 0 Å². The molecule has 1 unspecified atom stereocenters. The minimum absolute atomic E-state index is 0.305. The van der Waals surface area contributed by atoms with E-state index < -0.39 is 0 Å². The molecular weight excluding hydrogens is 278 g/mol. The van der Waals surface area contributed by atoms with E-state index in [9.17, 15) is 5.26 Å². The lowest BCUT2D eigenvalue weighted by molar-refractivity contribution is 0.345. The normalized spacial score (nSPS) is 16.8. The van der Waals surface area contributed by atoms with Crippen LogP contribution in [0.5, 0.6) is 5.75 Å². The predicted octanol–water partition coefficient (Wildman–Crippen LogP) is 3.87. The second-order valence-electron chi connectivity index (χ2n) is 4.85. The van der Waals surface area contributed by atoms with Crippen molar-refractivity contribution in [2.24, 2.45) is 5.41 Å². The lowest BCUT2D eigenvalue weighted by Crippen LogP contribution is -2.16. The summed E-state index contributed by atoms with van der Waals surface area (Å²) in [4.78, 5) is 0. The maximum Gasteiger partial charge on any atom is 0.125 e. The highest BCUT2D eigenvalue weighted by molar-refractivity contribution is 9.10. The molecule has 3 heteroatoms. The Bertz CT molecular complexity index is 478. The van der Waals surface area contributed by atoms with E-state index in [1.165, 1.54) is 5.56 Å². The number of hydrogen-bond acceptors (Lipinski definition) is 2. The van der Waals surface area contributed by atoms with Gasteiger partial charge in [-0.2, -0.15) is 5.26 Å². The predicted molar refractivity (Wildman–Crippen MR) is 71.1 cm³/mol. The zero-order valence-electron chi connectivity index (χ0n) is 10.2. The molecule has 0 amide bonds. The molecule has 0 bridgehead atoms. The van der Waals surface area contributed by atoms with Crippen molar-refractivity contribution in [3.05, 3.63) is 27.7 Å². The highest BCUT2D eigenvalue weighted by atomic mass is 79.9. The minimum atomic E-state index is -0.305. The summed E-state index contributed by atoms with van der Waals surface area (Å²) in [5.41, 5.74) is 2.10. The lowest BCUT2D eigenvalue weighted by atomic mass is 9.82. The summed E-state index contributed by atoms with van der Waals surface area (Å²) in [6.45, 7) is 4.83. The summed E-state index contributed by atoms with van der Waals surface area (Å²) in [5, 5.41) is 9.26. The van der Waals surface area contributed by atoms with E-state index in [4.69, 9.17) is 4.74 Å². The van der Waals surface area contributed by atoms with Gasteiger partial charge in [-0.3, -0.25) is 0 Å². The van der Waals surface area contributed by atoms with E-state index in [0.29, 0.717) is 0 Å². The molecule has 1 aliphatic rings. The molecule has 2 nitrogen and oxygen atoms in total.